The van der Waals surface area contributed by atoms with Crippen LogP contribution < -0.4 is 10.1 Å². The first kappa shape index (κ1) is 24.6. The molecule has 0 spiro atoms. The standard InChI is InChI=1S/C25H27F2N3O5/c1-29(2)23(31)12-16-6-8-20-22(35-16)13-34-21-9-5-15(11-17(21)25(33)30(20)3)28-24(32)14-4-7-18(26)19(27)10-14/h4-5,7,9-11,16,20,22H,6,8,12-13H2,1-3H3,(H,28,32)/t16-,20-,22+/m0/s1. The molecule has 0 aromatic heterocycles. The van der Waals surface area contributed by atoms with Crippen LogP contribution in [-0.4, -0.2) is 73.5 Å². The Kier molecular flexibility index (Phi) is 7.02. The number of benzene rings is 2. The van der Waals surface area contributed by atoms with Crippen molar-refractivity contribution in [2.75, 3.05) is 33.1 Å². The Bertz CT molecular complexity index is 1160. The van der Waals surface area contributed by atoms with Gasteiger partial charge in [-0.2, -0.15) is 0 Å². The van der Waals surface area contributed by atoms with Gasteiger partial charge in [0.2, 0.25) is 5.91 Å². The number of anilines is 1. The lowest BCUT2D eigenvalue weighted by atomic mass is 9.94. The third-order valence-electron chi connectivity index (χ3n) is 6.35. The number of halogens is 2. The van der Waals surface area contributed by atoms with E-state index in [1.54, 1.807) is 38.2 Å². The van der Waals surface area contributed by atoms with Crippen LogP contribution in [0.2, 0.25) is 0 Å². The molecule has 2 aliphatic rings. The Balaban J connectivity index is 1.50. The van der Waals surface area contributed by atoms with Gasteiger partial charge in [-0.25, -0.2) is 8.78 Å². The molecule has 186 valence electrons. The molecular formula is C25H27F2N3O5. The number of hydrogen-bond acceptors (Lipinski definition) is 5. The van der Waals surface area contributed by atoms with Gasteiger partial charge < -0.3 is 24.6 Å². The molecule has 0 radical (unpaired) electrons. The average Bonchev–Trinajstić information content (AvgIpc) is 2.83. The lowest BCUT2D eigenvalue weighted by Gasteiger charge is -2.42. The van der Waals surface area contributed by atoms with Gasteiger partial charge in [-0.05, 0) is 49.2 Å². The van der Waals surface area contributed by atoms with Gasteiger partial charge in [0.1, 0.15) is 18.5 Å². The van der Waals surface area contributed by atoms with E-state index in [0.29, 0.717) is 24.3 Å². The van der Waals surface area contributed by atoms with Gasteiger partial charge in [-0.1, -0.05) is 0 Å². The summed E-state index contributed by atoms with van der Waals surface area (Å²) in [7, 11) is 5.09. The summed E-state index contributed by atoms with van der Waals surface area (Å²) in [6.45, 7) is 0.197. The van der Waals surface area contributed by atoms with Crippen LogP contribution in [-0.2, 0) is 9.53 Å². The minimum Gasteiger partial charge on any atom is -0.490 e. The summed E-state index contributed by atoms with van der Waals surface area (Å²) in [5.41, 5.74) is 0.516. The molecule has 2 aromatic carbocycles. The third-order valence-corrected chi connectivity index (χ3v) is 6.35. The fraction of sp³-hybridized carbons (Fsp3) is 0.400. The summed E-state index contributed by atoms with van der Waals surface area (Å²) in [6, 6.07) is 7.24. The average molecular weight is 488 g/mol. The Morgan fingerprint density at radius 3 is 2.60 bits per heavy atom. The van der Waals surface area contributed by atoms with Crippen LogP contribution in [0.4, 0.5) is 14.5 Å². The number of nitrogens with zero attached hydrogens (tertiary/aromatic N) is 2. The number of hydrogen-bond donors (Lipinski definition) is 1. The molecule has 1 N–H and O–H groups in total. The second-order valence-corrected chi connectivity index (χ2v) is 8.95. The number of nitrogens with one attached hydrogen (secondary N) is 1. The van der Waals surface area contributed by atoms with Gasteiger partial charge in [0.05, 0.1) is 24.1 Å². The molecule has 2 aromatic rings. The van der Waals surface area contributed by atoms with E-state index >= 15 is 0 Å². The third kappa shape index (κ3) is 5.27. The van der Waals surface area contributed by atoms with Crippen molar-refractivity contribution in [3.63, 3.8) is 0 Å². The second kappa shape index (κ2) is 9.99. The van der Waals surface area contributed by atoms with Crippen molar-refractivity contribution in [3.05, 3.63) is 59.2 Å². The molecule has 3 atom stereocenters. The molecule has 2 aliphatic heterocycles. The minimum atomic E-state index is -1.13. The first-order valence-corrected chi connectivity index (χ1v) is 11.3. The van der Waals surface area contributed by atoms with Gasteiger partial charge in [-0.15, -0.1) is 0 Å². The lowest BCUT2D eigenvalue weighted by Crippen LogP contribution is -2.53. The highest BCUT2D eigenvalue weighted by molar-refractivity contribution is 6.05. The molecule has 1 fully saturated rings. The number of ether oxygens (including phenoxy) is 2. The van der Waals surface area contributed by atoms with Crippen LogP contribution in [0.25, 0.3) is 0 Å². The SMILES string of the molecule is CN(C)C(=O)C[C@@H]1CC[C@H]2[C@@H](COc3ccc(NC(=O)c4ccc(F)c(F)c4)cc3C(=O)N2C)O1. The zero-order valence-corrected chi connectivity index (χ0v) is 19.7. The van der Waals surface area contributed by atoms with Crippen molar-refractivity contribution in [2.24, 2.45) is 0 Å². The predicted octanol–water partition coefficient (Wildman–Crippen LogP) is 3.08. The number of amides is 3. The van der Waals surface area contributed by atoms with Gasteiger partial charge in [0.15, 0.2) is 11.6 Å². The molecule has 0 bridgehead atoms. The fourth-order valence-electron chi connectivity index (χ4n) is 4.32. The zero-order chi connectivity index (χ0) is 25.3. The molecule has 3 amide bonds. The Labute approximate surface area is 201 Å². The van der Waals surface area contributed by atoms with Crippen LogP contribution in [0.15, 0.2) is 36.4 Å². The van der Waals surface area contributed by atoms with E-state index in [1.165, 1.54) is 17.0 Å². The first-order chi connectivity index (χ1) is 16.6. The molecule has 0 aliphatic carbocycles. The number of rotatable bonds is 4. The number of fused-ring (bicyclic) bond motifs is 2. The molecule has 1 saturated heterocycles. The van der Waals surface area contributed by atoms with Crippen molar-refractivity contribution < 1.29 is 32.6 Å². The summed E-state index contributed by atoms with van der Waals surface area (Å²) in [4.78, 5) is 41.0. The van der Waals surface area contributed by atoms with Crippen LogP contribution in [0.5, 0.6) is 5.75 Å². The van der Waals surface area contributed by atoms with Crippen molar-refractivity contribution in [1.82, 2.24) is 9.80 Å². The van der Waals surface area contributed by atoms with Crippen molar-refractivity contribution >= 4 is 23.4 Å². The predicted molar refractivity (Wildman–Crippen MR) is 123 cm³/mol. The van der Waals surface area contributed by atoms with Crippen molar-refractivity contribution in [1.29, 1.82) is 0 Å². The summed E-state index contributed by atoms with van der Waals surface area (Å²) in [6.07, 6.45) is 0.925. The molecule has 8 nitrogen and oxygen atoms in total. The van der Waals surface area contributed by atoms with Crippen molar-refractivity contribution in [3.8, 4) is 5.75 Å². The molecule has 35 heavy (non-hydrogen) atoms. The van der Waals surface area contributed by atoms with E-state index in [9.17, 15) is 23.2 Å². The van der Waals surface area contributed by atoms with Crippen LogP contribution in [0.3, 0.4) is 0 Å². The minimum absolute atomic E-state index is 0.0204. The Morgan fingerprint density at radius 2 is 1.89 bits per heavy atom. The monoisotopic (exact) mass is 487 g/mol. The van der Waals surface area contributed by atoms with E-state index < -0.39 is 23.6 Å². The number of carbonyl (C=O) groups is 3. The quantitative estimate of drug-likeness (QED) is 0.716. The molecule has 10 heteroatoms. The highest BCUT2D eigenvalue weighted by atomic mass is 19.2. The first-order valence-electron chi connectivity index (χ1n) is 11.3. The van der Waals surface area contributed by atoms with Crippen molar-refractivity contribution in [2.45, 2.75) is 37.5 Å². The zero-order valence-electron chi connectivity index (χ0n) is 19.7. The van der Waals surface area contributed by atoms with E-state index in [-0.39, 0.29) is 48.1 Å². The lowest BCUT2D eigenvalue weighted by molar-refractivity contribution is -0.140. The van der Waals surface area contributed by atoms with Crippen LogP contribution in [0.1, 0.15) is 40.0 Å². The highest BCUT2D eigenvalue weighted by Gasteiger charge is 2.39. The summed E-state index contributed by atoms with van der Waals surface area (Å²) >= 11 is 0. The van der Waals surface area contributed by atoms with Gasteiger partial charge >= 0.3 is 0 Å². The van der Waals surface area contributed by atoms with E-state index in [0.717, 1.165) is 12.1 Å². The van der Waals surface area contributed by atoms with E-state index in [1.807, 2.05) is 0 Å². The van der Waals surface area contributed by atoms with Gasteiger partial charge in [-0.3, -0.25) is 14.4 Å². The molecule has 2 heterocycles. The summed E-state index contributed by atoms with van der Waals surface area (Å²) in [5.74, 6) is -2.80. The normalized spacial score (nSPS) is 21.7. The molecule has 0 unspecified atom stereocenters. The highest BCUT2D eigenvalue weighted by Crippen LogP contribution is 2.32. The Hall–Kier alpha value is -3.53. The smallest absolute Gasteiger partial charge is 0.257 e. The number of carbonyl (C=O) groups excluding carboxylic acids is 3. The summed E-state index contributed by atoms with van der Waals surface area (Å²) in [5, 5.41) is 2.60. The molecule has 4 rings (SSSR count). The van der Waals surface area contributed by atoms with Crippen LogP contribution >= 0.6 is 0 Å². The van der Waals surface area contributed by atoms with Crippen LogP contribution in [0, 0.1) is 11.6 Å². The maximum atomic E-state index is 13.5. The molecular weight excluding hydrogens is 460 g/mol. The number of likely N-dealkylation sites (N-methyl/N-ethyl adjacent to an activating group) is 1. The second-order valence-electron chi connectivity index (χ2n) is 8.95. The summed E-state index contributed by atoms with van der Waals surface area (Å²) < 4.78 is 38.7. The van der Waals surface area contributed by atoms with E-state index in [2.05, 4.69) is 5.32 Å². The maximum absolute atomic E-state index is 13.5. The Morgan fingerprint density at radius 1 is 1.11 bits per heavy atom. The molecule has 0 saturated carbocycles. The largest absolute Gasteiger partial charge is 0.490 e. The fourth-order valence-corrected chi connectivity index (χ4v) is 4.32. The van der Waals surface area contributed by atoms with Gasteiger partial charge in [0.25, 0.3) is 11.8 Å². The van der Waals surface area contributed by atoms with E-state index in [4.69, 9.17) is 9.47 Å². The van der Waals surface area contributed by atoms with Gasteiger partial charge in [0, 0.05) is 32.4 Å². The topological polar surface area (TPSA) is 88.2 Å². The maximum Gasteiger partial charge on any atom is 0.257 e.